The molecule has 0 N–H and O–H groups in total. The van der Waals surface area contributed by atoms with E-state index >= 15 is 0 Å². The maximum Gasteiger partial charge on any atom is 0.105 e. The molecule has 2 rings (SSSR count). The second-order valence-electron chi connectivity index (χ2n) is 4.07. The molecule has 0 aliphatic carbocycles. The predicted octanol–water partition coefficient (Wildman–Crippen LogP) is 3.72. The minimum Gasteiger partial charge on any atom is -0.369 e. The summed E-state index contributed by atoms with van der Waals surface area (Å²) in [6.45, 7) is 11.9. The summed E-state index contributed by atoms with van der Waals surface area (Å²) in [5.74, 6) is 0. The summed E-state index contributed by atoms with van der Waals surface area (Å²) in [6, 6.07) is 12.4. The summed E-state index contributed by atoms with van der Waals surface area (Å²) in [7, 11) is 1.85. The number of fused-ring (bicyclic) bond motifs is 1. The summed E-state index contributed by atoms with van der Waals surface area (Å²) >= 11 is 0. The fourth-order valence-corrected chi connectivity index (χ4v) is 1.97. The minimum absolute atomic E-state index is 1.02. The highest BCUT2D eigenvalue weighted by Gasteiger charge is 2.05. The number of rotatable bonds is 2. The standard InChI is InChI=1S/C15H15N/c1-11(2)13-9-5-7-12-8-6-10-14(15(12)13)16(3)4/h3,5-10H,1H2,2,4H3. The molecule has 1 heteroatoms. The molecule has 0 aromatic heterocycles. The van der Waals surface area contributed by atoms with Gasteiger partial charge in [-0.05, 0) is 23.3 Å². The van der Waals surface area contributed by atoms with Gasteiger partial charge in [0.2, 0.25) is 0 Å². The Morgan fingerprint density at radius 3 is 2.38 bits per heavy atom. The summed E-state index contributed by atoms with van der Waals surface area (Å²) in [5.41, 5.74) is 3.24. The van der Waals surface area contributed by atoms with Gasteiger partial charge in [-0.25, -0.2) is 0 Å². The van der Waals surface area contributed by atoms with Crippen LogP contribution in [0.25, 0.3) is 16.3 Å². The molecule has 16 heavy (non-hydrogen) atoms. The molecule has 0 spiro atoms. The zero-order valence-electron chi connectivity index (χ0n) is 9.70. The average Bonchev–Trinajstić information content (AvgIpc) is 2.27. The van der Waals surface area contributed by atoms with Crippen molar-refractivity contribution in [2.24, 2.45) is 0 Å². The van der Waals surface area contributed by atoms with Gasteiger partial charge in [0, 0.05) is 6.72 Å². The first-order chi connectivity index (χ1) is 7.61. The van der Waals surface area contributed by atoms with Crippen molar-refractivity contribution in [1.29, 1.82) is 0 Å². The maximum absolute atomic E-state index is 5.85. The second kappa shape index (κ2) is 3.93. The van der Waals surface area contributed by atoms with E-state index in [9.17, 15) is 0 Å². The van der Waals surface area contributed by atoms with Crippen molar-refractivity contribution < 1.29 is 4.58 Å². The Morgan fingerprint density at radius 2 is 1.81 bits per heavy atom. The van der Waals surface area contributed by atoms with Crippen molar-refractivity contribution in [2.45, 2.75) is 6.92 Å². The molecule has 2 aromatic carbocycles. The number of benzene rings is 2. The normalized spacial score (nSPS) is 10.4. The van der Waals surface area contributed by atoms with E-state index in [0.717, 1.165) is 16.8 Å². The second-order valence-corrected chi connectivity index (χ2v) is 4.07. The highest BCUT2D eigenvalue weighted by atomic mass is 14.9. The van der Waals surface area contributed by atoms with Crippen LogP contribution in [0.15, 0.2) is 43.0 Å². The molecular weight excluding hydrogens is 194 g/mol. The SMILES string of the molecule is [CH-]=[N+](C)c1cccc2cccc(C(=C)C)c12. The van der Waals surface area contributed by atoms with E-state index < -0.39 is 0 Å². The molecule has 0 heterocycles. The molecule has 0 bridgehead atoms. The number of allylic oxidation sites excluding steroid dienone is 1. The Morgan fingerprint density at radius 1 is 1.19 bits per heavy atom. The van der Waals surface area contributed by atoms with Crippen LogP contribution in [0, 0.1) is 0 Å². The molecule has 0 radical (unpaired) electrons. The molecule has 0 saturated heterocycles. The van der Waals surface area contributed by atoms with Gasteiger partial charge in [0.15, 0.2) is 0 Å². The van der Waals surface area contributed by atoms with Gasteiger partial charge in [-0.1, -0.05) is 48.6 Å². The third kappa shape index (κ3) is 1.65. The Balaban J connectivity index is 2.92. The van der Waals surface area contributed by atoms with Crippen molar-refractivity contribution in [3.05, 3.63) is 48.5 Å². The van der Waals surface area contributed by atoms with E-state index in [1.165, 1.54) is 10.8 Å². The van der Waals surface area contributed by atoms with E-state index in [-0.39, 0.29) is 0 Å². The molecule has 0 aliphatic heterocycles. The maximum atomic E-state index is 5.85. The molecule has 0 fully saturated rings. The molecule has 80 valence electrons. The third-order valence-corrected chi connectivity index (χ3v) is 2.72. The summed E-state index contributed by atoms with van der Waals surface area (Å²) < 4.78 is 1.65. The predicted molar refractivity (Wildman–Crippen MR) is 70.6 cm³/mol. The summed E-state index contributed by atoms with van der Waals surface area (Å²) in [4.78, 5) is 0. The van der Waals surface area contributed by atoms with Crippen LogP contribution in [0.1, 0.15) is 12.5 Å². The van der Waals surface area contributed by atoms with Gasteiger partial charge < -0.3 is 4.58 Å². The number of hydrogen-bond donors (Lipinski definition) is 0. The zero-order chi connectivity index (χ0) is 11.7. The highest BCUT2D eigenvalue weighted by Crippen LogP contribution is 2.31. The average molecular weight is 209 g/mol. The lowest BCUT2D eigenvalue weighted by molar-refractivity contribution is -0.392. The van der Waals surface area contributed by atoms with Crippen LogP contribution in [-0.4, -0.2) is 18.3 Å². The quantitative estimate of drug-likeness (QED) is 0.403. The number of hydrogen-bond acceptors (Lipinski definition) is 0. The Bertz CT molecular complexity index is 530. The van der Waals surface area contributed by atoms with Gasteiger partial charge >= 0.3 is 0 Å². The van der Waals surface area contributed by atoms with Gasteiger partial charge in [0.1, 0.15) is 7.05 Å². The van der Waals surface area contributed by atoms with Crippen molar-refractivity contribution in [3.63, 3.8) is 0 Å². The largest absolute Gasteiger partial charge is 0.369 e. The van der Waals surface area contributed by atoms with Crippen LogP contribution in [0.2, 0.25) is 0 Å². The first-order valence-corrected chi connectivity index (χ1v) is 5.27. The van der Waals surface area contributed by atoms with Crippen LogP contribution in [-0.2, 0) is 0 Å². The van der Waals surface area contributed by atoms with Gasteiger partial charge in [-0.15, -0.1) is 0 Å². The van der Waals surface area contributed by atoms with Crippen LogP contribution < -0.4 is 0 Å². The molecule has 0 unspecified atom stereocenters. The highest BCUT2D eigenvalue weighted by molar-refractivity contribution is 5.99. The number of nitrogens with zero attached hydrogens (tertiary/aromatic N) is 1. The van der Waals surface area contributed by atoms with Crippen LogP contribution >= 0.6 is 0 Å². The first-order valence-electron chi connectivity index (χ1n) is 5.27. The van der Waals surface area contributed by atoms with Crippen LogP contribution in [0.5, 0.6) is 0 Å². The van der Waals surface area contributed by atoms with E-state index in [2.05, 4.69) is 24.8 Å². The van der Waals surface area contributed by atoms with Crippen LogP contribution in [0.3, 0.4) is 0 Å². The van der Waals surface area contributed by atoms with Gasteiger partial charge in [0.25, 0.3) is 0 Å². The van der Waals surface area contributed by atoms with E-state index in [1.54, 1.807) is 4.58 Å². The molecule has 0 saturated carbocycles. The fraction of sp³-hybridized carbons (Fsp3) is 0.133. The fourth-order valence-electron chi connectivity index (χ4n) is 1.97. The lowest BCUT2D eigenvalue weighted by Crippen LogP contribution is -1.95. The lowest BCUT2D eigenvalue weighted by atomic mass is 9.98. The molecule has 0 aliphatic rings. The smallest absolute Gasteiger partial charge is 0.105 e. The topological polar surface area (TPSA) is 3.01 Å². The monoisotopic (exact) mass is 209 g/mol. The van der Waals surface area contributed by atoms with Gasteiger partial charge in [-0.3, -0.25) is 0 Å². The van der Waals surface area contributed by atoms with Crippen molar-refractivity contribution in [2.75, 3.05) is 7.05 Å². The van der Waals surface area contributed by atoms with E-state index in [4.69, 9.17) is 6.72 Å². The Kier molecular flexibility index (Phi) is 2.61. The van der Waals surface area contributed by atoms with Gasteiger partial charge in [-0.2, -0.15) is 0 Å². The van der Waals surface area contributed by atoms with Gasteiger partial charge in [0.05, 0.1) is 5.69 Å². The van der Waals surface area contributed by atoms with E-state index in [1.807, 2.05) is 32.2 Å². The van der Waals surface area contributed by atoms with Crippen molar-refractivity contribution in [1.82, 2.24) is 0 Å². The Hall–Kier alpha value is -1.89. The molecule has 0 amide bonds. The summed E-state index contributed by atoms with van der Waals surface area (Å²) in [5, 5.41) is 2.36. The Labute approximate surface area is 96.4 Å². The van der Waals surface area contributed by atoms with E-state index in [0.29, 0.717) is 0 Å². The zero-order valence-corrected chi connectivity index (χ0v) is 9.70. The molecule has 1 nitrogen and oxygen atoms in total. The first kappa shape index (κ1) is 10.6. The summed E-state index contributed by atoms with van der Waals surface area (Å²) in [6.07, 6.45) is 0. The third-order valence-electron chi connectivity index (χ3n) is 2.72. The van der Waals surface area contributed by atoms with Crippen molar-refractivity contribution in [3.8, 4) is 0 Å². The lowest BCUT2D eigenvalue weighted by Gasteiger charge is -2.13. The van der Waals surface area contributed by atoms with Crippen molar-refractivity contribution >= 4 is 28.8 Å². The van der Waals surface area contributed by atoms with Crippen LogP contribution in [0.4, 0.5) is 5.69 Å². The molecular formula is C15H15N. The molecule has 0 atom stereocenters. The minimum atomic E-state index is 1.02. The molecule has 2 aromatic rings.